The monoisotopic (exact) mass is 220 g/mol. The lowest BCUT2D eigenvalue weighted by Crippen LogP contribution is -1.84. The first kappa shape index (κ1) is 9.90. The van der Waals surface area contributed by atoms with Crippen LogP contribution in [-0.4, -0.2) is 12.5 Å². The summed E-state index contributed by atoms with van der Waals surface area (Å²) in [6.45, 7) is 0. The molecule has 0 N–H and O–H groups in total. The highest BCUT2D eigenvalue weighted by Crippen LogP contribution is 2.33. The fourth-order valence-electron chi connectivity index (χ4n) is 0.795. The minimum absolute atomic E-state index is 0.332. The summed E-state index contributed by atoms with van der Waals surface area (Å²) in [5.41, 5.74) is 0.430. The maximum absolute atomic E-state index is 10.4. The van der Waals surface area contributed by atoms with Gasteiger partial charge in [0.25, 0.3) is 0 Å². The summed E-state index contributed by atoms with van der Waals surface area (Å²) in [6, 6.07) is 3.44. The standard InChI is InChI=1S/C8H6Cl2OS/c1-12-6-3-2-5(4-11)7(9)8(6)10/h2-4H,1H3. The molecule has 1 nitrogen and oxygen atoms in total. The highest BCUT2D eigenvalue weighted by molar-refractivity contribution is 7.98. The number of carbonyl (C=O) groups is 1. The van der Waals surface area contributed by atoms with Crippen molar-refractivity contribution in [2.45, 2.75) is 4.90 Å². The molecule has 1 aromatic rings. The van der Waals surface area contributed by atoms with Crippen molar-refractivity contribution in [2.24, 2.45) is 0 Å². The second-order valence-corrected chi connectivity index (χ2v) is 3.71. The zero-order valence-corrected chi connectivity index (χ0v) is 8.63. The Balaban J connectivity index is 3.29. The maximum Gasteiger partial charge on any atom is 0.151 e. The summed E-state index contributed by atoms with van der Waals surface area (Å²) < 4.78 is 0. The van der Waals surface area contributed by atoms with Crippen LogP contribution < -0.4 is 0 Å². The number of benzene rings is 1. The summed E-state index contributed by atoms with van der Waals surface area (Å²) in [4.78, 5) is 11.3. The van der Waals surface area contributed by atoms with Crippen molar-refractivity contribution >= 4 is 41.2 Å². The molecular formula is C8H6Cl2OS. The number of carbonyl (C=O) groups excluding carboxylic acids is 1. The van der Waals surface area contributed by atoms with Gasteiger partial charge < -0.3 is 0 Å². The summed E-state index contributed by atoms with van der Waals surface area (Å²) in [5.74, 6) is 0. The van der Waals surface area contributed by atoms with E-state index < -0.39 is 0 Å². The summed E-state index contributed by atoms with van der Waals surface area (Å²) >= 11 is 13.2. The van der Waals surface area contributed by atoms with Crippen LogP contribution in [0.4, 0.5) is 0 Å². The minimum atomic E-state index is 0.332. The average Bonchev–Trinajstić information content (AvgIpc) is 2.10. The lowest BCUT2D eigenvalue weighted by molar-refractivity contribution is 0.112. The van der Waals surface area contributed by atoms with E-state index >= 15 is 0 Å². The number of aldehydes is 1. The van der Waals surface area contributed by atoms with Crippen LogP contribution in [0.2, 0.25) is 10.0 Å². The molecule has 0 heterocycles. The van der Waals surface area contributed by atoms with Gasteiger partial charge in [-0.25, -0.2) is 0 Å². The van der Waals surface area contributed by atoms with E-state index in [1.807, 2.05) is 6.26 Å². The number of hydrogen-bond acceptors (Lipinski definition) is 2. The molecule has 0 unspecified atom stereocenters. The van der Waals surface area contributed by atoms with Gasteiger partial charge in [0.15, 0.2) is 6.29 Å². The third kappa shape index (κ3) is 1.76. The second kappa shape index (κ2) is 4.17. The summed E-state index contributed by atoms with van der Waals surface area (Å²) in [5, 5.41) is 0.785. The Hall–Kier alpha value is -0.180. The molecule has 4 heteroatoms. The predicted octanol–water partition coefficient (Wildman–Crippen LogP) is 3.53. The van der Waals surface area contributed by atoms with Crippen LogP contribution in [-0.2, 0) is 0 Å². The van der Waals surface area contributed by atoms with Crippen molar-refractivity contribution in [1.29, 1.82) is 0 Å². The van der Waals surface area contributed by atoms with E-state index in [2.05, 4.69) is 0 Å². The van der Waals surface area contributed by atoms with E-state index in [9.17, 15) is 4.79 Å². The van der Waals surface area contributed by atoms with Crippen molar-refractivity contribution in [3.8, 4) is 0 Å². The normalized spacial score (nSPS) is 9.92. The number of rotatable bonds is 2. The van der Waals surface area contributed by atoms with Gasteiger partial charge in [-0.1, -0.05) is 23.2 Å². The molecule has 0 spiro atoms. The first-order chi connectivity index (χ1) is 5.70. The molecule has 1 rings (SSSR count). The van der Waals surface area contributed by atoms with Crippen LogP contribution in [0.5, 0.6) is 0 Å². The van der Waals surface area contributed by atoms with Gasteiger partial charge in [0, 0.05) is 10.5 Å². The second-order valence-electron chi connectivity index (χ2n) is 2.10. The van der Waals surface area contributed by atoms with Crippen molar-refractivity contribution < 1.29 is 4.79 Å². The van der Waals surface area contributed by atoms with Crippen molar-refractivity contribution in [1.82, 2.24) is 0 Å². The van der Waals surface area contributed by atoms with Gasteiger partial charge in [0.05, 0.1) is 10.0 Å². The van der Waals surface area contributed by atoms with Crippen molar-refractivity contribution in [3.63, 3.8) is 0 Å². The third-order valence-corrected chi connectivity index (χ3v) is 3.21. The molecule has 0 aliphatic rings. The SMILES string of the molecule is CSc1ccc(C=O)c(Cl)c1Cl. The highest BCUT2D eigenvalue weighted by atomic mass is 35.5. The Morgan fingerprint density at radius 3 is 2.50 bits per heavy atom. The van der Waals surface area contributed by atoms with Crippen LogP contribution in [0, 0.1) is 0 Å². The van der Waals surface area contributed by atoms with Gasteiger partial charge in [-0.05, 0) is 18.4 Å². The molecule has 0 bridgehead atoms. The zero-order valence-electron chi connectivity index (χ0n) is 6.30. The molecule has 0 atom stereocenters. The lowest BCUT2D eigenvalue weighted by atomic mass is 10.2. The number of thioether (sulfide) groups is 1. The van der Waals surface area contributed by atoms with Crippen LogP contribution >= 0.6 is 35.0 Å². The van der Waals surface area contributed by atoms with Crippen LogP contribution in [0.25, 0.3) is 0 Å². The smallest absolute Gasteiger partial charge is 0.151 e. The molecule has 12 heavy (non-hydrogen) atoms. The Bertz CT molecular complexity index is 312. The molecular weight excluding hydrogens is 215 g/mol. The molecule has 0 fully saturated rings. The average molecular weight is 221 g/mol. The minimum Gasteiger partial charge on any atom is -0.298 e. The van der Waals surface area contributed by atoms with Crippen LogP contribution in [0.1, 0.15) is 10.4 Å². The predicted molar refractivity (Wildman–Crippen MR) is 53.6 cm³/mol. The van der Waals surface area contributed by atoms with E-state index in [4.69, 9.17) is 23.2 Å². The molecule has 1 aromatic carbocycles. The maximum atomic E-state index is 10.4. The molecule has 0 aromatic heterocycles. The van der Waals surface area contributed by atoms with Gasteiger partial charge in [0.2, 0.25) is 0 Å². The van der Waals surface area contributed by atoms with E-state index in [-0.39, 0.29) is 0 Å². The molecule has 0 amide bonds. The van der Waals surface area contributed by atoms with E-state index in [0.29, 0.717) is 21.9 Å². The third-order valence-electron chi connectivity index (χ3n) is 1.42. The molecule has 0 aliphatic carbocycles. The number of hydrogen-bond donors (Lipinski definition) is 0. The molecule has 0 aliphatic heterocycles. The Kier molecular flexibility index (Phi) is 3.44. The van der Waals surface area contributed by atoms with Gasteiger partial charge in [0.1, 0.15) is 0 Å². The topological polar surface area (TPSA) is 17.1 Å². The fourth-order valence-corrected chi connectivity index (χ4v) is 1.95. The van der Waals surface area contributed by atoms with Gasteiger partial charge in [-0.15, -0.1) is 11.8 Å². The highest BCUT2D eigenvalue weighted by Gasteiger charge is 2.07. The quantitative estimate of drug-likeness (QED) is 0.561. The van der Waals surface area contributed by atoms with Gasteiger partial charge in [-0.2, -0.15) is 0 Å². The van der Waals surface area contributed by atoms with Crippen molar-refractivity contribution in [2.75, 3.05) is 6.26 Å². The molecule has 0 saturated heterocycles. The molecule has 0 radical (unpaired) electrons. The first-order valence-corrected chi connectivity index (χ1v) is 5.16. The summed E-state index contributed by atoms with van der Waals surface area (Å²) in [6.07, 6.45) is 2.59. The largest absolute Gasteiger partial charge is 0.298 e. The zero-order chi connectivity index (χ0) is 9.14. The molecule has 64 valence electrons. The fraction of sp³-hybridized carbons (Fsp3) is 0.125. The van der Waals surface area contributed by atoms with Crippen LogP contribution in [0.3, 0.4) is 0 Å². The first-order valence-electron chi connectivity index (χ1n) is 3.18. The van der Waals surface area contributed by atoms with E-state index in [1.54, 1.807) is 12.1 Å². The van der Waals surface area contributed by atoms with Gasteiger partial charge in [-0.3, -0.25) is 4.79 Å². The van der Waals surface area contributed by atoms with Gasteiger partial charge >= 0.3 is 0 Å². The van der Waals surface area contributed by atoms with Crippen molar-refractivity contribution in [3.05, 3.63) is 27.7 Å². The van der Waals surface area contributed by atoms with E-state index in [0.717, 1.165) is 4.90 Å². The Labute approximate surface area is 85.1 Å². The summed E-state index contributed by atoms with van der Waals surface area (Å²) in [7, 11) is 0. The lowest BCUT2D eigenvalue weighted by Gasteiger charge is -2.03. The van der Waals surface area contributed by atoms with Crippen LogP contribution in [0.15, 0.2) is 17.0 Å². The van der Waals surface area contributed by atoms with E-state index in [1.165, 1.54) is 11.8 Å². The Morgan fingerprint density at radius 2 is 2.00 bits per heavy atom. The number of halogens is 2. The Morgan fingerprint density at radius 1 is 1.33 bits per heavy atom. The molecule has 0 saturated carbocycles.